The Morgan fingerprint density at radius 2 is 1.94 bits per heavy atom. The number of carbonyl (C=O) groups is 1. The van der Waals surface area contributed by atoms with E-state index in [2.05, 4.69) is 15.3 Å². The first-order valence-electron chi connectivity index (χ1n) is 11.4. The van der Waals surface area contributed by atoms with Gasteiger partial charge in [-0.2, -0.15) is 13.2 Å². The minimum Gasteiger partial charge on any atom is -0.381 e. The van der Waals surface area contributed by atoms with E-state index in [0.717, 1.165) is 27.0 Å². The highest BCUT2D eigenvalue weighted by atomic mass is 32.1. The summed E-state index contributed by atoms with van der Waals surface area (Å²) in [5.41, 5.74) is 1.16. The number of nitrogens with zero attached hydrogens (tertiary/aromatic N) is 4. The second-order valence-electron chi connectivity index (χ2n) is 8.74. The zero-order chi connectivity index (χ0) is 24.7. The lowest BCUT2D eigenvalue weighted by molar-refractivity contribution is -0.149. The van der Waals surface area contributed by atoms with Crippen molar-refractivity contribution in [2.45, 2.75) is 51.0 Å². The van der Waals surface area contributed by atoms with Gasteiger partial charge in [-0.1, -0.05) is 35.6 Å². The molecule has 35 heavy (non-hydrogen) atoms. The van der Waals surface area contributed by atoms with E-state index in [4.69, 9.17) is 4.74 Å². The number of benzene rings is 1. The molecular formula is C23H24F3N5O3S. The van der Waals surface area contributed by atoms with Crippen LogP contribution in [-0.2, 0) is 22.3 Å². The van der Waals surface area contributed by atoms with E-state index in [0.29, 0.717) is 37.5 Å². The zero-order valence-corrected chi connectivity index (χ0v) is 19.8. The van der Waals surface area contributed by atoms with Gasteiger partial charge in [0.1, 0.15) is 6.04 Å². The molecular weight excluding hydrogens is 483 g/mol. The second kappa shape index (κ2) is 9.23. The molecule has 2 fully saturated rings. The smallest absolute Gasteiger partial charge is 0.381 e. The van der Waals surface area contributed by atoms with Gasteiger partial charge in [0.25, 0.3) is 5.56 Å². The Hall–Kier alpha value is -2.99. The van der Waals surface area contributed by atoms with Crippen molar-refractivity contribution in [1.82, 2.24) is 19.9 Å². The summed E-state index contributed by atoms with van der Waals surface area (Å²) in [6, 6.07) is 6.58. The molecule has 0 spiro atoms. The van der Waals surface area contributed by atoms with Gasteiger partial charge >= 0.3 is 6.18 Å². The van der Waals surface area contributed by atoms with Gasteiger partial charge < -0.3 is 15.0 Å². The van der Waals surface area contributed by atoms with Crippen LogP contribution in [0.1, 0.15) is 42.3 Å². The van der Waals surface area contributed by atoms with Gasteiger partial charge in [0.15, 0.2) is 15.5 Å². The molecule has 1 atom stereocenters. The molecule has 0 radical (unpaired) electrons. The number of aryl methyl sites for hydroxylation is 1. The average molecular weight is 508 g/mol. The lowest BCUT2D eigenvalue weighted by atomic mass is 10.0. The van der Waals surface area contributed by atoms with Crippen molar-refractivity contribution < 1.29 is 22.7 Å². The summed E-state index contributed by atoms with van der Waals surface area (Å²) in [6.45, 7) is 3.42. The Kier molecular flexibility index (Phi) is 6.26. The van der Waals surface area contributed by atoms with Gasteiger partial charge in [-0.15, -0.1) is 0 Å². The zero-order valence-electron chi connectivity index (χ0n) is 19.0. The normalized spacial score (nSPS) is 19.1. The van der Waals surface area contributed by atoms with Crippen LogP contribution in [0, 0.1) is 6.92 Å². The number of halogens is 3. The van der Waals surface area contributed by atoms with E-state index in [1.165, 1.54) is 0 Å². The average Bonchev–Trinajstić information content (AvgIpc) is 3.21. The molecule has 5 rings (SSSR count). The largest absolute Gasteiger partial charge is 0.449 e. The molecule has 0 saturated carbocycles. The summed E-state index contributed by atoms with van der Waals surface area (Å²) in [4.78, 5) is 35.8. The third kappa shape index (κ3) is 4.52. The van der Waals surface area contributed by atoms with Crippen molar-refractivity contribution >= 4 is 32.7 Å². The van der Waals surface area contributed by atoms with Crippen molar-refractivity contribution in [1.29, 1.82) is 0 Å². The lowest BCUT2D eigenvalue weighted by Gasteiger charge is -2.39. The number of ether oxygens (including phenoxy) is 1. The molecule has 186 valence electrons. The molecule has 3 aromatic rings. The number of thiazole rings is 1. The molecule has 2 aliphatic heterocycles. The van der Waals surface area contributed by atoms with Crippen LogP contribution in [0.4, 0.5) is 18.3 Å². The summed E-state index contributed by atoms with van der Waals surface area (Å²) >= 11 is 0.905. The molecule has 0 bridgehead atoms. The summed E-state index contributed by atoms with van der Waals surface area (Å²) < 4.78 is 47.5. The number of nitrogens with one attached hydrogen (secondary N) is 1. The fourth-order valence-electron chi connectivity index (χ4n) is 4.48. The lowest BCUT2D eigenvalue weighted by Crippen LogP contribution is -2.56. The van der Waals surface area contributed by atoms with Gasteiger partial charge in [-0.25, -0.2) is 9.97 Å². The van der Waals surface area contributed by atoms with Crippen molar-refractivity contribution in [3.63, 3.8) is 0 Å². The SMILES string of the molecule is Cc1ccccc1CNC(=O)[C@H]1CCN1c1nc2c(=O)n(C3CCOCC3)c(C(F)(F)F)nc2s1. The number of amides is 1. The number of carbonyl (C=O) groups excluding carboxylic acids is 1. The molecule has 1 N–H and O–H groups in total. The highest BCUT2D eigenvalue weighted by Crippen LogP contribution is 2.36. The van der Waals surface area contributed by atoms with Crippen LogP contribution in [0.15, 0.2) is 29.1 Å². The maximum absolute atomic E-state index is 13.8. The van der Waals surface area contributed by atoms with Crippen LogP contribution in [0.25, 0.3) is 10.3 Å². The van der Waals surface area contributed by atoms with Gasteiger partial charge in [-0.3, -0.25) is 14.2 Å². The second-order valence-corrected chi connectivity index (χ2v) is 9.70. The number of aromatic nitrogens is 3. The summed E-state index contributed by atoms with van der Waals surface area (Å²) in [5.74, 6) is -1.41. The quantitative estimate of drug-likeness (QED) is 0.569. The van der Waals surface area contributed by atoms with Crippen LogP contribution < -0.4 is 15.8 Å². The Bertz CT molecular complexity index is 1320. The van der Waals surface area contributed by atoms with Gasteiger partial charge in [0.2, 0.25) is 11.7 Å². The first-order valence-corrected chi connectivity index (χ1v) is 12.2. The number of anilines is 1. The summed E-state index contributed by atoms with van der Waals surface area (Å²) in [7, 11) is 0. The molecule has 0 aliphatic carbocycles. The molecule has 4 heterocycles. The van der Waals surface area contributed by atoms with Crippen molar-refractivity contribution in [2.75, 3.05) is 24.7 Å². The molecule has 8 nitrogen and oxygen atoms in total. The minimum atomic E-state index is -4.79. The number of alkyl halides is 3. The first kappa shape index (κ1) is 23.7. The van der Waals surface area contributed by atoms with E-state index in [1.54, 1.807) is 4.90 Å². The topological polar surface area (TPSA) is 89.4 Å². The standard InChI is InChI=1S/C23H24F3N5O3S/c1-13-4-2-3-5-14(13)12-27-18(32)16-6-9-30(16)22-28-17-19(35-22)29-21(23(24,25)26)31(20(17)33)15-7-10-34-11-8-15/h2-5,15-16H,6-12H2,1H3,(H,27,32)/t16-/m1/s1. The number of hydrogen-bond donors (Lipinski definition) is 1. The summed E-state index contributed by atoms with van der Waals surface area (Å²) in [6.07, 6.45) is -3.61. The molecule has 2 aromatic heterocycles. The fraction of sp³-hybridized carbons (Fsp3) is 0.478. The van der Waals surface area contributed by atoms with Crippen LogP contribution in [0.3, 0.4) is 0 Å². The Morgan fingerprint density at radius 3 is 2.60 bits per heavy atom. The summed E-state index contributed by atoms with van der Waals surface area (Å²) in [5, 5.41) is 3.25. The third-order valence-corrected chi connectivity index (χ3v) is 7.53. The molecule has 0 unspecified atom stereocenters. The number of fused-ring (bicyclic) bond motifs is 1. The van der Waals surface area contributed by atoms with Crippen LogP contribution in [-0.4, -0.2) is 46.2 Å². The minimum absolute atomic E-state index is 0.0772. The fourth-order valence-corrected chi connectivity index (χ4v) is 5.49. The van der Waals surface area contributed by atoms with Crippen molar-refractivity contribution in [2.24, 2.45) is 0 Å². The predicted octanol–water partition coefficient (Wildman–Crippen LogP) is 3.43. The molecule has 2 aliphatic rings. The first-order chi connectivity index (χ1) is 16.7. The van der Waals surface area contributed by atoms with Crippen LogP contribution in [0.5, 0.6) is 0 Å². The Labute approximate surface area is 202 Å². The van der Waals surface area contributed by atoms with Crippen molar-refractivity contribution in [3.8, 4) is 0 Å². The highest BCUT2D eigenvalue weighted by molar-refractivity contribution is 7.21. The third-order valence-electron chi connectivity index (χ3n) is 6.55. The van der Waals surface area contributed by atoms with Gasteiger partial charge in [0.05, 0.1) is 0 Å². The van der Waals surface area contributed by atoms with E-state index < -0.39 is 29.6 Å². The maximum atomic E-state index is 13.8. The van der Waals surface area contributed by atoms with E-state index in [1.807, 2.05) is 31.2 Å². The van der Waals surface area contributed by atoms with E-state index in [-0.39, 0.29) is 29.5 Å². The van der Waals surface area contributed by atoms with E-state index in [9.17, 15) is 22.8 Å². The van der Waals surface area contributed by atoms with Gasteiger partial charge in [0, 0.05) is 32.3 Å². The predicted molar refractivity (Wildman–Crippen MR) is 125 cm³/mol. The monoisotopic (exact) mass is 507 g/mol. The molecule has 12 heteroatoms. The number of rotatable bonds is 5. The maximum Gasteiger partial charge on any atom is 0.449 e. The Balaban J connectivity index is 1.42. The van der Waals surface area contributed by atoms with E-state index >= 15 is 0 Å². The van der Waals surface area contributed by atoms with Crippen LogP contribution in [0.2, 0.25) is 0 Å². The molecule has 1 aromatic carbocycles. The Morgan fingerprint density at radius 1 is 1.20 bits per heavy atom. The number of hydrogen-bond acceptors (Lipinski definition) is 7. The van der Waals surface area contributed by atoms with Crippen molar-refractivity contribution in [3.05, 3.63) is 51.6 Å². The molecule has 1 amide bonds. The van der Waals surface area contributed by atoms with Crippen LogP contribution >= 0.6 is 11.3 Å². The molecule has 2 saturated heterocycles. The highest BCUT2D eigenvalue weighted by Gasteiger charge is 2.41. The van der Waals surface area contributed by atoms with Gasteiger partial charge in [-0.05, 0) is 37.3 Å².